The molecule has 0 radical (unpaired) electrons. The number of ketones is 1. The highest BCUT2D eigenvalue weighted by atomic mass is 35.5. The number of aliphatic hydroxyl groups excluding tert-OH is 1. The second kappa shape index (κ2) is 6.63. The SMILES string of the molecule is CCCN1C(=O)C(O)=C(C(=O)c2cc3cc(Cl)ccc3o2)C1c1ccco1. The molecule has 3 heterocycles. The Labute approximate surface area is 159 Å². The topological polar surface area (TPSA) is 83.9 Å². The molecule has 6 nitrogen and oxygen atoms in total. The predicted octanol–water partition coefficient (Wildman–Crippen LogP) is 4.67. The second-order valence-corrected chi connectivity index (χ2v) is 6.74. The zero-order valence-electron chi connectivity index (χ0n) is 14.4. The summed E-state index contributed by atoms with van der Waals surface area (Å²) in [7, 11) is 0. The zero-order chi connectivity index (χ0) is 19.1. The summed E-state index contributed by atoms with van der Waals surface area (Å²) in [5.74, 6) is -1.30. The summed E-state index contributed by atoms with van der Waals surface area (Å²) in [4.78, 5) is 27.1. The largest absolute Gasteiger partial charge is 0.503 e. The Morgan fingerprint density at radius 3 is 2.81 bits per heavy atom. The lowest BCUT2D eigenvalue weighted by molar-refractivity contribution is -0.129. The molecule has 138 valence electrons. The number of carbonyl (C=O) groups is 2. The van der Waals surface area contributed by atoms with Gasteiger partial charge in [0, 0.05) is 17.0 Å². The van der Waals surface area contributed by atoms with Gasteiger partial charge in [-0.25, -0.2) is 0 Å². The highest BCUT2D eigenvalue weighted by Gasteiger charge is 2.45. The molecule has 0 bridgehead atoms. The van der Waals surface area contributed by atoms with E-state index >= 15 is 0 Å². The molecule has 2 aromatic heterocycles. The average molecular weight is 386 g/mol. The van der Waals surface area contributed by atoms with Gasteiger partial charge < -0.3 is 18.8 Å². The third-order valence-electron chi connectivity index (χ3n) is 4.53. The second-order valence-electron chi connectivity index (χ2n) is 6.30. The number of hydrogen-bond donors (Lipinski definition) is 1. The molecule has 0 spiro atoms. The van der Waals surface area contributed by atoms with Crippen LogP contribution in [0, 0.1) is 0 Å². The van der Waals surface area contributed by atoms with Crippen molar-refractivity contribution in [2.45, 2.75) is 19.4 Å². The van der Waals surface area contributed by atoms with E-state index in [0.29, 0.717) is 34.7 Å². The first-order valence-electron chi connectivity index (χ1n) is 8.52. The lowest BCUT2D eigenvalue weighted by Gasteiger charge is -2.23. The van der Waals surface area contributed by atoms with Crippen LogP contribution in [0.5, 0.6) is 0 Å². The van der Waals surface area contributed by atoms with Crippen molar-refractivity contribution < 1.29 is 23.5 Å². The van der Waals surface area contributed by atoms with E-state index in [2.05, 4.69) is 0 Å². The molecule has 0 saturated carbocycles. The van der Waals surface area contributed by atoms with E-state index in [9.17, 15) is 14.7 Å². The highest BCUT2D eigenvalue weighted by Crippen LogP contribution is 2.39. The van der Waals surface area contributed by atoms with E-state index in [1.807, 2.05) is 6.92 Å². The fraction of sp³-hybridized carbons (Fsp3) is 0.200. The molecule has 27 heavy (non-hydrogen) atoms. The van der Waals surface area contributed by atoms with Gasteiger partial charge in [-0.15, -0.1) is 0 Å². The first kappa shape index (κ1) is 17.4. The molecule has 1 atom stereocenters. The van der Waals surface area contributed by atoms with E-state index in [-0.39, 0.29) is 11.3 Å². The number of fused-ring (bicyclic) bond motifs is 1. The molecule has 4 rings (SSSR count). The quantitative estimate of drug-likeness (QED) is 0.645. The Morgan fingerprint density at radius 2 is 2.11 bits per heavy atom. The number of hydrogen-bond acceptors (Lipinski definition) is 5. The first-order chi connectivity index (χ1) is 13.0. The van der Waals surface area contributed by atoms with Crippen LogP contribution in [0.2, 0.25) is 5.02 Å². The lowest BCUT2D eigenvalue weighted by Crippen LogP contribution is -2.31. The van der Waals surface area contributed by atoms with Gasteiger partial charge >= 0.3 is 0 Å². The van der Waals surface area contributed by atoms with Crippen LogP contribution >= 0.6 is 11.6 Å². The molecule has 1 aliphatic heterocycles. The Morgan fingerprint density at radius 1 is 1.30 bits per heavy atom. The standard InChI is InChI=1S/C20H16ClNO5/c1-2-7-22-17(14-4-3-8-26-14)16(19(24)20(22)25)18(23)15-10-11-9-12(21)5-6-13(11)27-15/h3-6,8-10,17,24H,2,7H2,1H3. The summed E-state index contributed by atoms with van der Waals surface area (Å²) in [5, 5.41) is 11.6. The Hall–Kier alpha value is -2.99. The van der Waals surface area contributed by atoms with Crippen LogP contribution < -0.4 is 0 Å². The number of aliphatic hydroxyl groups is 1. The van der Waals surface area contributed by atoms with E-state index in [1.54, 1.807) is 36.4 Å². The zero-order valence-corrected chi connectivity index (χ0v) is 15.2. The summed E-state index contributed by atoms with van der Waals surface area (Å²) in [5.41, 5.74) is 0.445. The number of Topliss-reactive ketones (excluding diaryl/α,β-unsaturated/α-hetero) is 1. The fourth-order valence-corrected chi connectivity index (χ4v) is 3.54. The number of carbonyl (C=O) groups excluding carboxylic acids is 2. The Balaban J connectivity index is 1.80. The Kier molecular flexibility index (Phi) is 4.28. The minimum absolute atomic E-state index is 0.0246. The summed E-state index contributed by atoms with van der Waals surface area (Å²) in [6.07, 6.45) is 2.13. The molecule has 1 unspecified atom stereocenters. The monoisotopic (exact) mass is 385 g/mol. The van der Waals surface area contributed by atoms with Crippen LogP contribution in [0.25, 0.3) is 11.0 Å². The number of benzene rings is 1. The van der Waals surface area contributed by atoms with Crippen molar-refractivity contribution in [2.75, 3.05) is 6.54 Å². The van der Waals surface area contributed by atoms with Crippen LogP contribution in [0.1, 0.15) is 35.7 Å². The van der Waals surface area contributed by atoms with E-state index < -0.39 is 23.5 Å². The van der Waals surface area contributed by atoms with Gasteiger partial charge in [0.15, 0.2) is 11.5 Å². The molecule has 7 heteroatoms. The maximum Gasteiger partial charge on any atom is 0.290 e. The summed E-state index contributed by atoms with van der Waals surface area (Å²) < 4.78 is 11.1. The first-order valence-corrected chi connectivity index (χ1v) is 8.90. The molecule has 1 amide bonds. The maximum absolute atomic E-state index is 13.1. The maximum atomic E-state index is 13.1. The third-order valence-corrected chi connectivity index (χ3v) is 4.76. The van der Waals surface area contributed by atoms with Gasteiger partial charge in [-0.05, 0) is 42.8 Å². The lowest BCUT2D eigenvalue weighted by atomic mass is 9.99. The van der Waals surface area contributed by atoms with Crippen molar-refractivity contribution in [3.8, 4) is 0 Å². The van der Waals surface area contributed by atoms with Gasteiger partial charge in [0.1, 0.15) is 17.4 Å². The third kappa shape index (κ3) is 2.82. The number of furan rings is 2. The predicted molar refractivity (Wildman–Crippen MR) is 98.7 cm³/mol. The summed E-state index contributed by atoms with van der Waals surface area (Å²) in [6.45, 7) is 2.28. The van der Waals surface area contributed by atoms with Gasteiger partial charge in [0.2, 0.25) is 5.78 Å². The van der Waals surface area contributed by atoms with Gasteiger partial charge in [0.05, 0.1) is 11.8 Å². The van der Waals surface area contributed by atoms with Crippen LogP contribution in [0.3, 0.4) is 0 Å². The minimum atomic E-state index is -0.795. The van der Waals surface area contributed by atoms with Gasteiger partial charge in [0.25, 0.3) is 5.91 Å². The normalized spacial score (nSPS) is 17.3. The molecular formula is C20H16ClNO5. The number of halogens is 1. The molecule has 1 aromatic carbocycles. The van der Waals surface area contributed by atoms with Crippen molar-refractivity contribution in [3.05, 3.63) is 70.5 Å². The van der Waals surface area contributed by atoms with E-state index in [4.69, 9.17) is 20.4 Å². The van der Waals surface area contributed by atoms with Gasteiger partial charge in [-0.1, -0.05) is 18.5 Å². The number of nitrogens with zero attached hydrogens (tertiary/aromatic N) is 1. The average Bonchev–Trinajstić information content (AvgIpc) is 3.36. The van der Waals surface area contributed by atoms with Gasteiger partial charge in [-0.2, -0.15) is 0 Å². The van der Waals surface area contributed by atoms with Crippen molar-refractivity contribution in [1.82, 2.24) is 4.90 Å². The molecule has 0 fully saturated rings. The number of rotatable bonds is 5. The van der Waals surface area contributed by atoms with Crippen molar-refractivity contribution in [3.63, 3.8) is 0 Å². The van der Waals surface area contributed by atoms with Crippen LogP contribution in [-0.4, -0.2) is 28.2 Å². The molecule has 1 aliphatic rings. The summed E-state index contributed by atoms with van der Waals surface area (Å²) >= 11 is 5.98. The molecule has 0 aliphatic carbocycles. The smallest absolute Gasteiger partial charge is 0.290 e. The molecule has 3 aromatic rings. The number of amides is 1. The molecular weight excluding hydrogens is 370 g/mol. The van der Waals surface area contributed by atoms with Crippen LogP contribution in [-0.2, 0) is 4.79 Å². The highest BCUT2D eigenvalue weighted by molar-refractivity contribution is 6.31. The Bertz CT molecular complexity index is 1060. The van der Waals surface area contributed by atoms with Crippen LogP contribution in [0.4, 0.5) is 0 Å². The van der Waals surface area contributed by atoms with E-state index in [1.165, 1.54) is 11.2 Å². The molecule has 0 saturated heterocycles. The van der Waals surface area contributed by atoms with E-state index in [0.717, 1.165) is 0 Å². The molecule has 1 N–H and O–H groups in total. The minimum Gasteiger partial charge on any atom is -0.503 e. The van der Waals surface area contributed by atoms with Gasteiger partial charge in [-0.3, -0.25) is 9.59 Å². The fourth-order valence-electron chi connectivity index (χ4n) is 3.36. The van der Waals surface area contributed by atoms with Crippen molar-refractivity contribution >= 4 is 34.3 Å². The van der Waals surface area contributed by atoms with Crippen molar-refractivity contribution in [2.24, 2.45) is 0 Å². The summed E-state index contributed by atoms with van der Waals surface area (Å²) in [6, 6.07) is 9.10. The van der Waals surface area contributed by atoms with Crippen molar-refractivity contribution in [1.29, 1.82) is 0 Å². The van der Waals surface area contributed by atoms with Crippen LogP contribution in [0.15, 0.2) is 62.8 Å².